The van der Waals surface area contributed by atoms with Crippen molar-refractivity contribution < 1.29 is 18.7 Å². The molecule has 7 heteroatoms. The van der Waals surface area contributed by atoms with Crippen molar-refractivity contribution in [3.8, 4) is 17.2 Å². The number of aromatic nitrogens is 2. The van der Waals surface area contributed by atoms with Gasteiger partial charge in [0, 0.05) is 0 Å². The number of carbonyl (C=O) groups is 1. The van der Waals surface area contributed by atoms with Crippen LogP contribution < -0.4 is 4.74 Å². The van der Waals surface area contributed by atoms with Crippen LogP contribution in [0, 0.1) is 0 Å². The first-order valence-corrected chi connectivity index (χ1v) is 6.75. The van der Waals surface area contributed by atoms with Gasteiger partial charge < -0.3 is 13.9 Å². The lowest BCUT2D eigenvalue weighted by Crippen LogP contribution is -2.14. The summed E-state index contributed by atoms with van der Waals surface area (Å²) >= 11 is 1.15. The Balaban J connectivity index is 2.19. The third kappa shape index (κ3) is 3.11. The fourth-order valence-electron chi connectivity index (χ4n) is 1.55. The summed E-state index contributed by atoms with van der Waals surface area (Å²) in [5.74, 6) is 0.655. The molecule has 1 atom stereocenters. The fraction of sp³-hybridized carbons (Fsp3) is 0.308. The van der Waals surface area contributed by atoms with Gasteiger partial charge in [-0.25, -0.2) is 0 Å². The van der Waals surface area contributed by atoms with Gasteiger partial charge in [0.1, 0.15) is 11.0 Å². The zero-order valence-corrected chi connectivity index (χ0v) is 12.1. The summed E-state index contributed by atoms with van der Waals surface area (Å²) in [6.45, 7) is 1.71. The van der Waals surface area contributed by atoms with Gasteiger partial charge in [0.05, 0.1) is 19.8 Å². The Labute approximate surface area is 120 Å². The van der Waals surface area contributed by atoms with Gasteiger partial charge >= 0.3 is 5.97 Å². The van der Waals surface area contributed by atoms with Gasteiger partial charge in [0.25, 0.3) is 11.1 Å². The lowest BCUT2D eigenvalue weighted by molar-refractivity contribution is -0.139. The maximum atomic E-state index is 11.3. The molecule has 0 aliphatic rings. The van der Waals surface area contributed by atoms with Gasteiger partial charge in [-0.1, -0.05) is 23.9 Å². The molecule has 0 aliphatic carbocycles. The molecule has 0 spiro atoms. The number of para-hydroxylation sites is 1. The van der Waals surface area contributed by atoms with Crippen LogP contribution in [0.2, 0.25) is 0 Å². The van der Waals surface area contributed by atoms with Gasteiger partial charge in [-0.15, -0.1) is 10.2 Å². The standard InChI is InChI=1S/C13H14N2O4S/c1-8(12(16)18-3)20-13-15-14-11(19-13)9-6-4-5-7-10(9)17-2/h4-8H,1-3H3/t8-/m0/s1. The van der Waals surface area contributed by atoms with Crippen LogP contribution >= 0.6 is 11.8 Å². The van der Waals surface area contributed by atoms with Crippen LogP contribution in [0.5, 0.6) is 5.75 Å². The van der Waals surface area contributed by atoms with Crippen LogP contribution in [0.25, 0.3) is 11.5 Å². The SMILES string of the molecule is COC(=O)[C@H](C)Sc1nnc(-c2ccccc2OC)o1. The molecule has 1 aromatic carbocycles. The van der Waals surface area contributed by atoms with Crippen LogP contribution in [0.3, 0.4) is 0 Å². The van der Waals surface area contributed by atoms with E-state index < -0.39 is 5.25 Å². The molecule has 6 nitrogen and oxygen atoms in total. The molecule has 0 fully saturated rings. The molecule has 0 saturated heterocycles. The Hall–Kier alpha value is -2.02. The first kappa shape index (κ1) is 14.4. The van der Waals surface area contributed by atoms with E-state index in [-0.39, 0.29) is 5.97 Å². The second kappa shape index (κ2) is 6.42. The van der Waals surface area contributed by atoms with Crippen molar-refractivity contribution in [1.29, 1.82) is 0 Å². The number of carbonyl (C=O) groups excluding carboxylic acids is 1. The molecule has 0 aliphatic heterocycles. The van der Waals surface area contributed by atoms with Crippen molar-refractivity contribution in [3.05, 3.63) is 24.3 Å². The highest BCUT2D eigenvalue weighted by molar-refractivity contribution is 8.00. The Kier molecular flexibility index (Phi) is 4.62. The quantitative estimate of drug-likeness (QED) is 0.619. The molecular weight excluding hydrogens is 280 g/mol. The Morgan fingerprint density at radius 3 is 2.75 bits per heavy atom. The molecule has 1 aromatic heterocycles. The highest BCUT2D eigenvalue weighted by Gasteiger charge is 2.19. The second-order valence-electron chi connectivity index (χ2n) is 3.86. The third-order valence-corrected chi connectivity index (χ3v) is 3.47. The zero-order chi connectivity index (χ0) is 14.5. The predicted octanol–water partition coefficient (Wildman–Crippen LogP) is 2.40. The summed E-state index contributed by atoms with van der Waals surface area (Å²) in [6.07, 6.45) is 0. The predicted molar refractivity (Wildman–Crippen MR) is 73.6 cm³/mol. The number of ether oxygens (including phenoxy) is 2. The zero-order valence-electron chi connectivity index (χ0n) is 11.3. The monoisotopic (exact) mass is 294 g/mol. The van der Waals surface area contributed by atoms with Gasteiger partial charge in [-0.2, -0.15) is 0 Å². The normalized spacial score (nSPS) is 11.9. The van der Waals surface area contributed by atoms with Crippen LogP contribution in [0.1, 0.15) is 6.92 Å². The molecule has 0 radical (unpaired) electrons. The van der Waals surface area contributed by atoms with Gasteiger partial charge in [0.2, 0.25) is 0 Å². The van der Waals surface area contributed by atoms with E-state index in [1.54, 1.807) is 14.0 Å². The maximum absolute atomic E-state index is 11.3. The van der Waals surface area contributed by atoms with Gasteiger partial charge in [0.15, 0.2) is 0 Å². The summed E-state index contributed by atoms with van der Waals surface area (Å²) in [5, 5.41) is 7.77. The van der Waals surface area contributed by atoms with Crippen molar-refractivity contribution in [1.82, 2.24) is 10.2 Å². The minimum atomic E-state index is -0.411. The molecule has 0 saturated carbocycles. The first-order chi connectivity index (χ1) is 9.65. The van der Waals surface area contributed by atoms with E-state index in [1.165, 1.54) is 7.11 Å². The van der Waals surface area contributed by atoms with E-state index in [9.17, 15) is 4.79 Å². The van der Waals surface area contributed by atoms with Crippen LogP contribution in [-0.2, 0) is 9.53 Å². The highest BCUT2D eigenvalue weighted by Crippen LogP contribution is 2.31. The van der Waals surface area contributed by atoms with E-state index in [0.717, 1.165) is 11.8 Å². The molecular formula is C13H14N2O4S. The van der Waals surface area contributed by atoms with Crippen molar-refractivity contribution in [2.45, 2.75) is 17.4 Å². The molecule has 2 aromatic rings. The largest absolute Gasteiger partial charge is 0.496 e. The maximum Gasteiger partial charge on any atom is 0.319 e. The van der Waals surface area contributed by atoms with Crippen LogP contribution in [0.15, 0.2) is 33.9 Å². The van der Waals surface area contributed by atoms with Crippen molar-refractivity contribution in [3.63, 3.8) is 0 Å². The summed E-state index contributed by atoms with van der Waals surface area (Å²) in [5.41, 5.74) is 0.708. The molecule has 106 valence electrons. The Bertz CT molecular complexity index is 600. The number of benzene rings is 1. The summed E-state index contributed by atoms with van der Waals surface area (Å²) in [4.78, 5) is 11.3. The van der Waals surface area contributed by atoms with E-state index in [4.69, 9.17) is 9.15 Å². The summed E-state index contributed by atoms with van der Waals surface area (Å²) in [6, 6.07) is 7.34. The average molecular weight is 294 g/mol. The minimum Gasteiger partial charge on any atom is -0.496 e. The number of nitrogens with zero attached hydrogens (tertiary/aromatic N) is 2. The third-order valence-electron chi connectivity index (χ3n) is 2.55. The van der Waals surface area contributed by atoms with E-state index >= 15 is 0 Å². The highest BCUT2D eigenvalue weighted by atomic mass is 32.2. The minimum absolute atomic E-state index is 0.309. The Morgan fingerprint density at radius 2 is 2.05 bits per heavy atom. The van der Waals surface area contributed by atoms with Crippen molar-refractivity contribution in [2.24, 2.45) is 0 Å². The molecule has 1 heterocycles. The van der Waals surface area contributed by atoms with Gasteiger partial charge in [-0.3, -0.25) is 4.79 Å². The molecule has 2 rings (SSSR count). The topological polar surface area (TPSA) is 74.5 Å². The van der Waals surface area contributed by atoms with Gasteiger partial charge in [-0.05, 0) is 19.1 Å². The number of hydrogen-bond donors (Lipinski definition) is 0. The molecule has 0 amide bonds. The van der Waals surface area contributed by atoms with Crippen LogP contribution in [0.4, 0.5) is 0 Å². The molecule has 0 unspecified atom stereocenters. The van der Waals surface area contributed by atoms with E-state index in [2.05, 4.69) is 14.9 Å². The summed E-state index contributed by atoms with van der Waals surface area (Å²) in [7, 11) is 2.91. The van der Waals surface area contributed by atoms with E-state index in [0.29, 0.717) is 22.4 Å². The number of esters is 1. The lowest BCUT2D eigenvalue weighted by atomic mass is 10.2. The molecule has 0 bridgehead atoms. The number of methoxy groups -OCH3 is 2. The smallest absolute Gasteiger partial charge is 0.319 e. The number of thioether (sulfide) groups is 1. The lowest BCUT2D eigenvalue weighted by Gasteiger charge is -2.05. The first-order valence-electron chi connectivity index (χ1n) is 5.87. The Morgan fingerprint density at radius 1 is 1.30 bits per heavy atom. The number of hydrogen-bond acceptors (Lipinski definition) is 7. The average Bonchev–Trinajstić information content (AvgIpc) is 2.94. The second-order valence-corrected chi connectivity index (χ2v) is 5.15. The fourth-order valence-corrected chi connectivity index (χ4v) is 2.26. The van der Waals surface area contributed by atoms with E-state index in [1.807, 2.05) is 24.3 Å². The molecule has 20 heavy (non-hydrogen) atoms. The van der Waals surface area contributed by atoms with Crippen molar-refractivity contribution in [2.75, 3.05) is 14.2 Å². The van der Waals surface area contributed by atoms with Crippen LogP contribution in [-0.4, -0.2) is 35.6 Å². The van der Waals surface area contributed by atoms with Crippen molar-refractivity contribution >= 4 is 17.7 Å². The summed E-state index contributed by atoms with van der Waals surface area (Å²) < 4.78 is 15.4. The number of rotatable bonds is 5. The molecule has 0 N–H and O–H groups in total.